The van der Waals surface area contributed by atoms with Crippen molar-refractivity contribution >= 4 is 23.3 Å². The maximum atomic E-state index is 13.2. The summed E-state index contributed by atoms with van der Waals surface area (Å²) in [5, 5.41) is 22.8. The molecule has 2 aromatic carbocycles. The third-order valence-corrected chi connectivity index (χ3v) is 6.97. The molecular weight excluding hydrogens is 487 g/mol. The molecule has 0 aliphatic carbocycles. The van der Waals surface area contributed by atoms with Gasteiger partial charge in [0.05, 0.1) is 33.9 Å². The summed E-state index contributed by atoms with van der Waals surface area (Å²) in [5.74, 6) is -0.358. The molecule has 1 saturated heterocycles. The number of urea groups is 1. The standard InChI is InChI=1S/C23H17ClF3N5O3/c1-11-16(6-5-12(9-28)18(11)24)32-20(33)19-17-8-15(31(19)22(32)35)10-30(17)21(34)29-14-4-2-3-13(7-14)23(25,26)27/h2-7,15,17,33H,8,10H2,1H3,(H,29,34)/t15-,17-/m0/s1. The smallest absolute Gasteiger partial charge is 0.416 e. The Morgan fingerprint density at radius 1 is 1.29 bits per heavy atom. The van der Waals surface area contributed by atoms with Gasteiger partial charge in [0.1, 0.15) is 11.8 Å². The Balaban J connectivity index is 1.48. The van der Waals surface area contributed by atoms with Crippen molar-refractivity contribution < 1.29 is 23.1 Å². The zero-order valence-electron chi connectivity index (χ0n) is 18.1. The first-order chi connectivity index (χ1) is 16.5. The maximum absolute atomic E-state index is 13.2. The summed E-state index contributed by atoms with van der Waals surface area (Å²) in [6.45, 7) is 1.77. The predicted molar refractivity (Wildman–Crippen MR) is 120 cm³/mol. The number of aromatic hydroxyl groups is 1. The summed E-state index contributed by atoms with van der Waals surface area (Å²) in [6, 6.07) is 7.52. The Morgan fingerprint density at radius 3 is 2.71 bits per heavy atom. The number of amides is 2. The van der Waals surface area contributed by atoms with Gasteiger partial charge in [-0.3, -0.25) is 4.57 Å². The van der Waals surface area contributed by atoms with Crippen molar-refractivity contribution in [2.75, 3.05) is 11.9 Å². The number of rotatable bonds is 2. The van der Waals surface area contributed by atoms with Crippen LogP contribution in [0, 0.1) is 18.3 Å². The number of nitrogens with one attached hydrogen (secondary N) is 1. The molecule has 3 heterocycles. The fourth-order valence-electron chi connectivity index (χ4n) is 4.86. The van der Waals surface area contributed by atoms with E-state index in [2.05, 4.69) is 5.32 Å². The summed E-state index contributed by atoms with van der Waals surface area (Å²) >= 11 is 6.24. The maximum Gasteiger partial charge on any atom is 0.416 e. The van der Waals surface area contributed by atoms with Crippen molar-refractivity contribution in [2.24, 2.45) is 0 Å². The summed E-state index contributed by atoms with van der Waals surface area (Å²) in [5.41, 5.74) is -0.216. The number of anilines is 1. The molecule has 1 fully saturated rings. The molecule has 0 spiro atoms. The van der Waals surface area contributed by atoms with Crippen LogP contribution < -0.4 is 11.0 Å². The highest BCUT2D eigenvalue weighted by molar-refractivity contribution is 6.32. The van der Waals surface area contributed by atoms with Gasteiger partial charge in [-0.05, 0) is 49.2 Å². The minimum Gasteiger partial charge on any atom is -0.493 e. The minimum atomic E-state index is -4.55. The Hall–Kier alpha value is -3.91. The molecule has 3 aromatic rings. The molecule has 8 nitrogen and oxygen atoms in total. The van der Waals surface area contributed by atoms with E-state index in [1.54, 1.807) is 6.92 Å². The monoisotopic (exact) mass is 503 g/mol. The van der Waals surface area contributed by atoms with Crippen LogP contribution >= 0.6 is 11.6 Å². The average molecular weight is 504 g/mol. The SMILES string of the molecule is Cc1c(-n2c(O)c3n(c2=O)[C@H]2C[C@@H]3N(C(=O)Nc3cccc(C(F)(F)F)c3)C2)ccc(C#N)c1Cl. The number of imidazole rings is 1. The van der Waals surface area contributed by atoms with E-state index in [1.165, 1.54) is 33.7 Å². The number of fused-ring (bicyclic) bond motifs is 5. The second kappa shape index (κ2) is 7.81. The zero-order valence-corrected chi connectivity index (χ0v) is 18.9. The number of alkyl halides is 3. The van der Waals surface area contributed by atoms with Gasteiger partial charge in [0.25, 0.3) is 0 Å². The molecule has 35 heavy (non-hydrogen) atoms. The van der Waals surface area contributed by atoms with Gasteiger partial charge in [0, 0.05) is 12.2 Å². The second-order valence-corrected chi connectivity index (χ2v) is 8.82. The Bertz CT molecular complexity index is 1490. The highest BCUT2D eigenvalue weighted by atomic mass is 35.5. The lowest BCUT2D eigenvalue weighted by atomic mass is 10.1. The molecule has 180 valence electrons. The van der Waals surface area contributed by atoms with Crippen molar-refractivity contribution in [3.05, 3.63) is 74.3 Å². The van der Waals surface area contributed by atoms with Crippen molar-refractivity contribution in [3.8, 4) is 17.6 Å². The molecule has 5 rings (SSSR count). The van der Waals surface area contributed by atoms with Crippen molar-refractivity contribution in [1.82, 2.24) is 14.0 Å². The molecule has 2 N–H and O–H groups in total. The van der Waals surface area contributed by atoms with Gasteiger partial charge in [-0.2, -0.15) is 18.4 Å². The van der Waals surface area contributed by atoms with Crippen LogP contribution in [0.3, 0.4) is 0 Å². The summed E-state index contributed by atoms with van der Waals surface area (Å²) in [7, 11) is 0. The van der Waals surface area contributed by atoms with Crippen LogP contribution in [-0.2, 0) is 6.18 Å². The first-order valence-electron chi connectivity index (χ1n) is 10.5. The van der Waals surface area contributed by atoms with Gasteiger partial charge >= 0.3 is 17.9 Å². The number of nitrogens with zero attached hydrogens (tertiary/aromatic N) is 4. The summed E-state index contributed by atoms with van der Waals surface area (Å²) < 4.78 is 41.5. The van der Waals surface area contributed by atoms with E-state index in [0.717, 1.165) is 16.7 Å². The Morgan fingerprint density at radius 2 is 2.03 bits per heavy atom. The highest BCUT2D eigenvalue weighted by Crippen LogP contribution is 2.49. The number of carbonyl (C=O) groups is 1. The lowest BCUT2D eigenvalue weighted by Gasteiger charge is -2.28. The van der Waals surface area contributed by atoms with Crippen LogP contribution in [0.2, 0.25) is 5.02 Å². The molecule has 0 radical (unpaired) electrons. The van der Waals surface area contributed by atoms with Gasteiger partial charge in [-0.1, -0.05) is 17.7 Å². The number of halogens is 4. The van der Waals surface area contributed by atoms with Crippen LogP contribution in [0.15, 0.2) is 41.2 Å². The van der Waals surface area contributed by atoms with Crippen molar-refractivity contribution in [3.63, 3.8) is 0 Å². The summed E-state index contributed by atoms with van der Waals surface area (Å²) in [6.07, 6.45) is -4.16. The number of aromatic nitrogens is 2. The van der Waals surface area contributed by atoms with E-state index >= 15 is 0 Å². The quantitative estimate of drug-likeness (QED) is 0.527. The van der Waals surface area contributed by atoms with Gasteiger partial charge < -0.3 is 15.3 Å². The first kappa shape index (κ1) is 22.9. The van der Waals surface area contributed by atoms with Gasteiger partial charge in [-0.15, -0.1) is 0 Å². The number of hydrogen-bond acceptors (Lipinski definition) is 4. The topological polar surface area (TPSA) is 103 Å². The van der Waals surface area contributed by atoms with Crippen LogP contribution in [0.5, 0.6) is 5.88 Å². The third-order valence-electron chi connectivity index (χ3n) is 6.48. The van der Waals surface area contributed by atoms with Crippen molar-refractivity contribution in [2.45, 2.75) is 31.6 Å². The van der Waals surface area contributed by atoms with Gasteiger partial charge in [-0.25, -0.2) is 14.2 Å². The average Bonchev–Trinajstić information content (AvgIpc) is 3.47. The molecule has 2 aliphatic rings. The lowest BCUT2D eigenvalue weighted by Crippen LogP contribution is -2.40. The number of benzene rings is 2. The lowest BCUT2D eigenvalue weighted by molar-refractivity contribution is -0.137. The van der Waals surface area contributed by atoms with E-state index in [1.807, 2.05) is 6.07 Å². The van der Waals surface area contributed by atoms with Gasteiger partial charge in [0.15, 0.2) is 0 Å². The highest BCUT2D eigenvalue weighted by Gasteiger charge is 2.49. The number of nitriles is 1. The van der Waals surface area contributed by atoms with Crippen LogP contribution in [0.25, 0.3) is 5.69 Å². The molecule has 1 aromatic heterocycles. The summed E-state index contributed by atoms with van der Waals surface area (Å²) in [4.78, 5) is 27.5. The zero-order chi connectivity index (χ0) is 25.2. The fourth-order valence-corrected chi connectivity index (χ4v) is 5.06. The number of carbonyl (C=O) groups excluding carboxylic acids is 1. The van der Waals surface area contributed by atoms with E-state index in [0.29, 0.717) is 17.7 Å². The predicted octanol–water partition coefficient (Wildman–Crippen LogP) is 4.73. The van der Waals surface area contributed by atoms with Gasteiger partial charge in [0.2, 0.25) is 5.88 Å². The van der Waals surface area contributed by atoms with Crippen LogP contribution in [-0.4, -0.2) is 31.7 Å². The van der Waals surface area contributed by atoms with E-state index < -0.39 is 35.5 Å². The fraction of sp³-hybridized carbons (Fsp3) is 0.261. The molecule has 12 heteroatoms. The molecule has 2 bridgehead atoms. The largest absolute Gasteiger partial charge is 0.493 e. The normalized spacial score (nSPS) is 18.5. The molecule has 0 unspecified atom stereocenters. The van der Waals surface area contributed by atoms with Crippen LogP contribution in [0.1, 0.15) is 40.9 Å². The minimum absolute atomic E-state index is 0.0189. The van der Waals surface area contributed by atoms with E-state index in [4.69, 9.17) is 11.6 Å². The Kier molecular flexibility index (Phi) is 5.10. The Labute approximate surface area is 201 Å². The molecular formula is C23H17ClF3N5O3. The number of likely N-dealkylation sites (tertiary alicyclic amines) is 1. The van der Waals surface area contributed by atoms with Crippen LogP contribution in [0.4, 0.5) is 23.7 Å². The molecule has 2 amide bonds. The number of hydrogen-bond donors (Lipinski definition) is 2. The van der Waals surface area contributed by atoms with Crippen molar-refractivity contribution in [1.29, 1.82) is 5.26 Å². The molecule has 0 saturated carbocycles. The molecule has 2 aliphatic heterocycles. The third kappa shape index (κ3) is 3.44. The molecule has 2 atom stereocenters. The first-order valence-corrected chi connectivity index (χ1v) is 10.9. The van der Waals surface area contributed by atoms with E-state index in [9.17, 15) is 33.1 Å². The second-order valence-electron chi connectivity index (χ2n) is 8.45. The van der Waals surface area contributed by atoms with E-state index in [-0.39, 0.29) is 34.4 Å².